The number of halogens is 1. The molecule has 0 fully saturated rings. The first kappa shape index (κ1) is 15.3. The van der Waals surface area contributed by atoms with E-state index in [1.807, 2.05) is 6.07 Å². The van der Waals surface area contributed by atoms with Crippen LogP contribution in [0.5, 0.6) is 0 Å². The Balaban J connectivity index is 2.07. The predicted octanol–water partition coefficient (Wildman–Crippen LogP) is 2.73. The molecule has 0 aliphatic heterocycles. The van der Waals surface area contributed by atoms with Crippen LogP contribution in [0.15, 0.2) is 30.3 Å². The highest BCUT2D eigenvalue weighted by Gasteiger charge is 2.12. The zero-order valence-electron chi connectivity index (χ0n) is 11.5. The van der Waals surface area contributed by atoms with E-state index in [9.17, 15) is 9.59 Å². The van der Waals surface area contributed by atoms with Crippen LogP contribution in [0.4, 0.5) is 0 Å². The second-order valence-electron chi connectivity index (χ2n) is 4.95. The van der Waals surface area contributed by atoms with E-state index in [2.05, 4.69) is 10.3 Å². The van der Waals surface area contributed by atoms with Gasteiger partial charge in [0.25, 0.3) is 5.91 Å². The monoisotopic (exact) mass is 306 g/mol. The molecular formula is C15H15ClN2O3. The molecule has 0 saturated carbocycles. The van der Waals surface area contributed by atoms with Crippen LogP contribution < -0.4 is 5.32 Å². The zero-order valence-corrected chi connectivity index (χ0v) is 12.2. The summed E-state index contributed by atoms with van der Waals surface area (Å²) >= 11 is 5.91. The predicted molar refractivity (Wildman–Crippen MR) is 80.5 cm³/mol. The molecule has 0 aliphatic carbocycles. The van der Waals surface area contributed by atoms with Gasteiger partial charge in [0.15, 0.2) is 0 Å². The summed E-state index contributed by atoms with van der Waals surface area (Å²) in [7, 11) is 0. The second kappa shape index (κ2) is 6.54. The van der Waals surface area contributed by atoms with Crippen molar-refractivity contribution in [3.63, 3.8) is 0 Å². The lowest BCUT2D eigenvalue weighted by Gasteiger charge is -2.10. The Hall–Kier alpha value is -2.14. The Bertz CT molecular complexity index is 688. The van der Waals surface area contributed by atoms with Crippen molar-refractivity contribution in [1.82, 2.24) is 10.3 Å². The molecule has 6 heteroatoms. The van der Waals surface area contributed by atoms with E-state index in [1.165, 1.54) is 0 Å². The molecule has 2 rings (SSSR count). The lowest BCUT2D eigenvalue weighted by Crippen LogP contribution is -2.29. The van der Waals surface area contributed by atoms with Crippen molar-refractivity contribution in [2.24, 2.45) is 5.92 Å². The molecule has 110 valence electrons. The largest absolute Gasteiger partial charge is 0.481 e. The first-order valence-electron chi connectivity index (χ1n) is 6.52. The van der Waals surface area contributed by atoms with Crippen LogP contribution in [0.1, 0.15) is 23.8 Å². The van der Waals surface area contributed by atoms with Crippen molar-refractivity contribution >= 4 is 34.4 Å². The van der Waals surface area contributed by atoms with Gasteiger partial charge in [-0.15, -0.1) is 0 Å². The van der Waals surface area contributed by atoms with Crippen molar-refractivity contribution in [1.29, 1.82) is 0 Å². The number of rotatable bonds is 5. The number of carbonyl (C=O) groups excluding carboxylic acids is 1. The van der Waals surface area contributed by atoms with Gasteiger partial charge in [-0.3, -0.25) is 9.59 Å². The van der Waals surface area contributed by atoms with Crippen molar-refractivity contribution < 1.29 is 14.7 Å². The van der Waals surface area contributed by atoms with Gasteiger partial charge >= 0.3 is 5.97 Å². The third kappa shape index (κ3) is 4.16. The van der Waals surface area contributed by atoms with Gasteiger partial charge < -0.3 is 10.4 Å². The number of amides is 1. The number of aliphatic carboxylic acids is 1. The molecule has 5 nitrogen and oxygen atoms in total. The van der Waals surface area contributed by atoms with Gasteiger partial charge in [-0.1, -0.05) is 30.7 Å². The van der Waals surface area contributed by atoms with E-state index >= 15 is 0 Å². The summed E-state index contributed by atoms with van der Waals surface area (Å²) in [5.74, 6) is -1.34. The van der Waals surface area contributed by atoms with Crippen LogP contribution >= 0.6 is 11.6 Å². The number of carboxylic acid groups (broad SMARTS) is 1. The van der Waals surface area contributed by atoms with Crippen LogP contribution in [0.3, 0.4) is 0 Å². The maximum absolute atomic E-state index is 12.0. The van der Waals surface area contributed by atoms with Gasteiger partial charge in [0.05, 0.1) is 5.52 Å². The van der Waals surface area contributed by atoms with E-state index in [0.29, 0.717) is 17.1 Å². The van der Waals surface area contributed by atoms with E-state index in [1.54, 1.807) is 31.2 Å². The molecule has 1 aromatic heterocycles. The molecule has 0 saturated heterocycles. The van der Waals surface area contributed by atoms with E-state index in [0.717, 1.165) is 5.39 Å². The minimum absolute atomic E-state index is 0.0149. The summed E-state index contributed by atoms with van der Waals surface area (Å²) in [6, 6.07) is 8.72. The van der Waals surface area contributed by atoms with Gasteiger partial charge in [-0.25, -0.2) is 4.98 Å². The fourth-order valence-corrected chi connectivity index (χ4v) is 2.11. The normalized spacial score (nSPS) is 12.1. The average molecular weight is 307 g/mol. The lowest BCUT2D eigenvalue weighted by molar-refractivity contribution is -0.137. The van der Waals surface area contributed by atoms with Crippen LogP contribution in [0.2, 0.25) is 5.02 Å². The van der Waals surface area contributed by atoms with Crippen molar-refractivity contribution in [3.8, 4) is 0 Å². The molecule has 0 spiro atoms. The summed E-state index contributed by atoms with van der Waals surface area (Å²) in [4.78, 5) is 26.8. The maximum Gasteiger partial charge on any atom is 0.303 e. The third-order valence-corrected chi connectivity index (χ3v) is 3.26. The molecule has 2 N–H and O–H groups in total. The van der Waals surface area contributed by atoms with Crippen LogP contribution in [-0.2, 0) is 4.79 Å². The number of nitrogens with one attached hydrogen (secondary N) is 1. The Morgan fingerprint density at radius 2 is 2.05 bits per heavy atom. The molecular weight excluding hydrogens is 292 g/mol. The molecule has 1 heterocycles. The Morgan fingerprint density at radius 3 is 2.76 bits per heavy atom. The number of benzene rings is 1. The molecule has 21 heavy (non-hydrogen) atoms. The van der Waals surface area contributed by atoms with E-state index < -0.39 is 5.97 Å². The van der Waals surface area contributed by atoms with E-state index in [-0.39, 0.29) is 23.9 Å². The molecule has 1 atom stereocenters. The first-order valence-corrected chi connectivity index (χ1v) is 6.90. The van der Waals surface area contributed by atoms with Gasteiger partial charge in [0.2, 0.25) is 0 Å². The number of carbonyl (C=O) groups is 2. The van der Waals surface area contributed by atoms with Crippen molar-refractivity contribution in [2.45, 2.75) is 13.3 Å². The number of nitrogens with zero attached hydrogens (tertiary/aromatic N) is 1. The summed E-state index contributed by atoms with van der Waals surface area (Å²) < 4.78 is 0. The van der Waals surface area contributed by atoms with Gasteiger partial charge in [0, 0.05) is 23.4 Å². The highest BCUT2D eigenvalue weighted by atomic mass is 35.5. The van der Waals surface area contributed by atoms with Crippen LogP contribution in [-0.4, -0.2) is 28.5 Å². The highest BCUT2D eigenvalue weighted by molar-refractivity contribution is 6.31. The van der Waals surface area contributed by atoms with Gasteiger partial charge in [0.1, 0.15) is 5.69 Å². The number of hydrogen-bond donors (Lipinski definition) is 2. The number of pyridine rings is 1. The van der Waals surface area contributed by atoms with Gasteiger partial charge in [-0.05, 0) is 24.1 Å². The van der Waals surface area contributed by atoms with Gasteiger partial charge in [-0.2, -0.15) is 0 Å². The fraction of sp³-hybridized carbons (Fsp3) is 0.267. The highest BCUT2D eigenvalue weighted by Crippen LogP contribution is 2.18. The quantitative estimate of drug-likeness (QED) is 0.890. The maximum atomic E-state index is 12.0. The Morgan fingerprint density at radius 1 is 1.33 bits per heavy atom. The number of fused-ring (bicyclic) bond motifs is 1. The summed E-state index contributed by atoms with van der Waals surface area (Å²) in [6.07, 6.45) is 0.0149. The molecule has 0 aliphatic rings. The topological polar surface area (TPSA) is 79.3 Å². The summed E-state index contributed by atoms with van der Waals surface area (Å²) in [6.45, 7) is 2.06. The number of carboxylic acids is 1. The molecule has 0 radical (unpaired) electrons. The number of aromatic nitrogens is 1. The second-order valence-corrected chi connectivity index (χ2v) is 5.38. The van der Waals surface area contributed by atoms with Crippen LogP contribution in [0, 0.1) is 5.92 Å². The smallest absolute Gasteiger partial charge is 0.303 e. The third-order valence-electron chi connectivity index (χ3n) is 3.02. The van der Waals surface area contributed by atoms with Crippen LogP contribution in [0.25, 0.3) is 10.9 Å². The first-order chi connectivity index (χ1) is 9.95. The Labute approximate surface area is 126 Å². The minimum Gasteiger partial charge on any atom is -0.481 e. The summed E-state index contributed by atoms with van der Waals surface area (Å²) in [5, 5.41) is 12.8. The Kier molecular flexibility index (Phi) is 4.75. The van der Waals surface area contributed by atoms with Crippen molar-refractivity contribution in [3.05, 3.63) is 41.0 Å². The standard InChI is InChI=1S/C15H15ClN2O3/c1-9(6-14(19)20)8-17-15(21)12-5-3-10-2-4-11(16)7-13(10)18-12/h2-5,7,9H,6,8H2,1H3,(H,17,21)(H,19,20). The zero-order chi connectivity index (χ0) is 15.4. The minimum atomic E-state index is -0.879. The molecule has 1 aromatic carbocycles. The SMILES string of the molecule is CC(CNC(=O)c1ccc2ccc(Cl)cc2n1)CC(=O)O. The molecule has 1 unspecified atom stereocenters. The molecule has 2 aromatic rings. The van der Waals surface area contributed by atoms with E-state index in [4.69, 9.17) is 16.7 Å². The molecule has 0 bridgehead atoms. The summed E-state index contributed by atoms with van der Waals surface area (Å²) in [5.41, 5.74) is 0.932. The number of hydrogen-bond acceptors (Lipinski definition) is 3. The lowest BCUT2D eigenvalue weighted by atomic mass is 10.1. The fourth-order valence-electron chi connectivity index (χ4n) is 1.94. The molecule has 1 amide bonds. The average Bonchev–Trinajstić information content (AvgIpc) is 2.43. The van der Waals surface area contributed by atoms with Crippen molar-refractivity contribution in [2.75, 3.05) is 6.54 Å².